The van der Waals surface area contributed by atoms with Gasteiger partial charge in [0.2, 0.25) is 0 Å². The van der Waals surface area contributed by atoms with E-state index in [2.05, 4.69) is 27.6 Å². The summed E-state index contributed by atoms with van der Waals surface area (Å²) in [4.78, 5) is 14.1. The van der Waals surface area contributed by atoms with Crippen LogP contribution in [-0.2, 0) is 0 Å². The van der Waals surface area contributed by atoms with E-state index in [-0.39, 0.29) is 5.91 Å². The van der Waals surface area contributed by atoms with Gasteiger partial charge < -0.3 is 4.90 Å². The van der Waals surface area contributed by atoms with E-state index in [4.69, 9.17) is 11.6 Å². The molecule has 26 heavy (non-hydrogen) atoms. The van der Waals surface area contributed by atoms with E-state index in [0.717, 1.165) is 16.9 Å². The summed E-state index contributed by atoms with van der Waals surface area (Å²) in [5.74, 6) is -0.302. The third-order valence-corrected chi connectivity index (χ3v) is 4.13. The van der Waals surface area contributed by atoms with Gasteiger partial charge in [0, 0.05) is 29.0 Å². The van der Waals surface area contributed by atoms with Crippen LogP contribution in [0.5, 0.6) is 0 Å². The second-order valence-electron chi connectivity index (χ2n) is 5.70. The minimum Gasteiger partial charge on any atom is -0.345 e. The van der Waals surface area contributed by atoms with Gasteiger partial charge in [-0.2, -0.15) is 5.10 Å². The summed E-state index contributed by atoms with van der Waals surface area (Å²) < 4.78 is 0. The molecule has 3 aromatic carbocycles. The zero-order valence-electron chi connectivity index (χ0n) is 14.3. The van der Waals surface area contributed by atoms with E-state index in [0.29, 0.717) is 10.6 Å². The molecule has 0 unspecified atom stereocenters. The molecule has 0 aromatic heterocycles. The first-order chi connectivity index (χ1) is 12.6. The van der Waals surface area contributed by atoms with Gasteiger partial charge in [-0.25, -0.2) is 5.43 Å². The van der Waals surface area contributed by atoms with Crippen LogP contribution < -0.4 is 10.3 Å². The second kappa shape index (κ2) is 8.32. The molecule has 5 heteroatoms. The van der Waals surface area contributed by atoms with Gasteiger partial charge in [0.25, 0.3) is 5.91 Å². The fraction of sp³-hybridized carbons (Fsp3) is 0.0476. The summed E-state index contributed by atoms with van der Waals surface area (Å²) in [6, 6.07) is 24.8. The summed E-state index contributed by atoms with van der Waals surface area (Å²) in [6.45, 7) is 0. The average molecular weight is 364 g/mol. The van der Waals surface area contributed by atoms with Crippen molar-refractivity contribution in [2.24, 2.45) is 5.10 Å². The van der Waals surface area contributed by atoms with Gasteiger partial charge in [-0.15, -0.1) is 0 Å². The van der Waals surface area contributed by atoms with Gasteiger partial charge in [0.05, 0.1) is 6.21 Å². The van der Waals surface area contributed by atoms with E-state index in [1.165, 1.54) is 0 Å². The van der Waals surface area contributed by atoms with Crippen LogP contribution in [0.15, 0.2) is 84.0 Å². The Bertz CT molecular complexity index is 908. The molecule has 0 fully saturated rings. The molecule has 0 atom stereocenters. The quantitative estimate of drug-likeness (QED) is 0.519. The maximum Gasteiger partial charge on any atom is 0.271 e. The van der Waals surface area contributed by atoms with Gasteiger partial charge in [-0.3, -0.25) is 4.79 Å². The fourth-order valence-corrected chi connectivity index (χ4v) is 2.63. The van der Waals surface area contributed by atoms with E-state index in [9.17, 15) is 4.79 Å². The number of nitrogens with zero attached hydrogens (tertiary/aromatic N) is 2. The lowest BCUT2D eigenvalue weighted by Crippen LogP contribution is -2.17. The lowest BCUT2D eigenvalue weighted by Gasteiger charge is -2.19. The largest absolute Gasteiger partial charge is 0.345 e. The van der Waals surface area contributed by atoms with Gasteiger partial charge in [0.15, 0.2) is 0 Å². The molecule has 4 nitrogen and oxygen atoms in total. The van der Waals surface area contributed by atoms with Crippen LogP contribution in [-0.4, -0.2) is 19.2 Å². The monoisotopic (exact) mass is 363 g/mol. The Kier molecular flexibility index (Phi) is 5.66. The normalized spacial score (nSPS) is 10.7. The first kappa shape index (κ1) is 17.7. The Morgan fingerprint density at radius 3 is 2.35 bits per heavy atom. The summed E-state index contributed by atoms with van der Waals surface area (Å²) in [6.07, 6.45) is 1.61. The van der Waals surface area contributed by atoms with Crippen LogP contribution in [0.2, 0.25) is 5.02 Å². The summed E-state index contributed by atoms with van der Waals surface area (Å²) in [7, 11) is 2.02. The lowest BCUT2D eigenvalue weighted by atomic mass is 10.2. The number of para-hydroxylation sites is 1. The van der Waals surface area contributed by atoms with Crippen molar-refractivity contribution >= 4 is 35.1 Å². The zero-order valence-corrected chi connectivity index (χ0v) is 15.0. The fourth-order valence-electron chi connectivity index (χ4n) is 2.44. The number of hydrogen-bond acceptors (Lipinski definition) is 3. The smallest absolute Gasteiger partial charge is 0.271 e. The highest BCUT2D eigenvalue weighted by molar-refractivity contribution is 6.30. The Morgan fingerprint density at radius 2 is 1.65 bits per heavy atom. The van der Waals surface area contributed by atoms with Crippen molar-refractivity contribution in [2.45, 2.75) is 0 Å². The molecular formula is C21H18ClN3O. The minimum absolute atomic E-state index is 0.302. The van der Waals surface area contributed by atoms with Crippen LogP contribution in [0, 0.1) is 0 Å². The molecule has 0 aliphatic rings. The van der Waals surface area contributed by atoms with E-state index < -0.39 is 0 Å². The van der Waals surface area contributed by atoms with Gasteiger partial charge in [-0.05, 0) is 48.0 Å². The predicted octanol–water partition coefficient (Wildman–Crippen LogP) is 4.87. The number of halogens is 1. The zero-order chi connectivity index (χ0) is 18.4. The molecule has 1 amide bonds. The molecule has 0 bridgehead atoms. The van der Waals surface area contributed by atoms with Crippen LogP contribution >= 0.6 is 11.6 Å². The first-order valence-corrected chi connectivity index (χ1v) is 8.49. The molecule has 3 aromatic rings. The summed E-state index contributed by atoms with van der Waals surface area (Å²) in [5.41, 5.74) is 6.04. The third kappa shape index (κ3) is 4.49. The van der Waals surface area contributed by atoms with E-state index in [1.807, 2.05) is 49.5 Å². The van der Waals surface area contributed by atoms with Crippen LogP contribution in [0.1, 0.15) is 15.9 Å². The van der Waals surface area contributed by atoms with Crippen molar-refractivity contribution in [1.82, 2.24) is 5.43 Å². The third-order valence-electron chi connectivity index (χ3n) is 3.89. The maximum absolute atomic E-state index is 12.0. The van der Waals surface area contributed by atoms with Crippen LogP contribution in [0.25, 0.3) is 0 Å². The molecule has 0 spiro atoms. The van der Waals surface area contributed by atoms with Gasteiger partial charge in [-0.1, -0.05) is 48.0 Å². The average Bonchev–Trinajstić information content (AvgIpc) is 2.68. The van der Waals surface area contributed by atoms with Crippen molar-refractivity contribution in [2.75, 3.05) is 11.9 Å². The van der Waals surface area contributed by atoms with Crippen molar-refractivity contribution in [1.29, 1.82) is 0 Å². The van der Waals surface area contributed by atoms with Crippen molar-refractivity contribution in [3.8, 4) is 0 Å². The minimum atomic E-state index is -0.302. The molecule has 0 aliphatic heterocycles. The van der Waals surface area contributed by atoms with Crippen LogP contribution in [0.4, 0.5) is 11.4 Å². The Labute approximate surface area is 157 Å². The van der Waals surface area contributed by atoms with Crippen molar-refractivity contribution < 1.29 is 4.79 Å². The van der Waals surface area contributed by atoms with E-state index >= 15 is 0 Å². The highest BCUT2D eigenvalue weighted by Gasteiger charge is 2.04. The number of hydrogen-bond donors (Lipinski definition) is 1. The van der Waals surface area contributed by atoms with E-state index in [1.54, 1.807) is 30.5 Å². The topological polar surface area (TPSA) is 44.7 Å². The molecule has 0 heterocycles. The number of nitrogens with one attached hydrogen (secondary N) is 1. The lowest BCUT2D eigenvalue weighted by molar-refractivity contribution is 0.0955. The SMILES string of the molecule is CN(c1ccccc1)c1ccc(/C=N\NC(=O)c2cccc(Cl)c2)cc1. The first-order valence-electron chi connectivity index (χ1n) is 8.11. The highest BCUT2D eigenvalue weighted by Crippen LogP contribution is 2.22. The molecule has 0 saturated heterocycles. The second-order valence-corrected chi connectivity index (χ2v) is 6.13. The molecule has 0 aliphatic carbocycles. The predicted molar refractivity (Wildman–Crippen MR) is 107 cm³/mol. The maximum atomic E-state index is 12.0. The van der Waals surface area contributed by atoms with Crippen molar-refractivity contribution in [3.05, 3.63) is 95.0 Å². The molecular weight excluding hydrogens is 346 g/mol. The Hall–Kier alpha value is -3.11. The molecule has 3 rings (SSSR count). The number of benzene rings is 3. The Morgan fingerprint density at radius 1 is 0.962 bits per heavy atom. The Balaban J connectivity index is 1.62. The van der Waals surface area contributed by atoms with Gasteiger partial charge >= 0.3 is 0 Å². The van der Waals surface area contributed by atoms with Crippen LogP contribution in [0.3, 0.4) is 0 Å². The summed E-state index contributed by atoms with van der Waals surface area (Å²) in [5, 5.41) is 4.51. The molecule has 130 valence electrons. The number of hydrazone groups is 1. The molecule has 0 radical (unpaired) electrons. The molecule has 0 saturated carbocycles. The standard InChI is InChI=1S/C21H18ClN3O/c1-25(19-8-3-2-4-9-19)20-12-10-16(11-13-20)15-23-24-21(26)17-6-5-7-18(22)14-17/h2-15H,1H3,(H,24,26)/b23-15-. The number of amides is 1. The van der Waals surface area contributed by atoms with Crippen molar-refractivity contribution in [3.63, 3.8) is 0 Å². The van der Waals surface area contributed by atoms with Gasteiger partial charge in [0.1, 0.15) is 0 Å². The number of carbonyl (C=O) groups is 1. The number of anilines is 2. The highest BCUT2D eigenvalue weighted by atomic mass is 35.5. The number of carbonyl (C=O) groups excluding carboxylic acids is 1. The summed E-state index contributed by atoms with van der Waals surface area (Å²) >= 11 is 5.88. The molecule has 1 N–H and O–H groups in total. The number of rotatable bonds is 5.